The lowest BCUT2D eigenvalue weighted by Crippen LogP contribution is -2.01. The van der Waals surface area contributed by atoms with Gasteiger partial charge in [0.15, 0.2) is 0 Å². The van der Waals surface area contributed by atoms with E-state index >= 15 is 0 Å². The maximum atomic E-state index is 5.94. The van der Waals surface area contributed by atoms with Gasteiger partial charge in [-0.15, -0.1) is 11.3 Å². The second-order valence-corrected chi connectivity index (χ2v) is 4.97. The summed E-state index contributed by atoms with van der Waals surface area (Å²) in [6.07, 6.45) is 2.47. The fourth-order valence-corrected chi connectivity index (χ4v) is 2.68. The third kappa shape index (κ3) is 2.03. The number of anilines is 1. The molecule has 0 bridgehead atoms. The predicted octanol–water partition coefficient (Wildman–Crippen LogP) is 3.46. The molecule has 84 valence electrons. The van der Waals surface area contributed by atoms with E-state index in [1.165, 1.54) is 11.3 Å². The number of hydrogen-bond acceptors (Lipinski definition) is 4. The Kier molecular flexibility index (Phi) is 3.41. The number of halogens is 1. The van der Waals surface area contributed by atoms with Crippen LogP contribution < -0.4 is 5.32 Å². The van der Waals surface area contributed by atoms with Crippen LogP contribution in [0.1, 0.15) is 12.5 Å². The molecule has 2 aromatic rings. The number of thiophene rings is 1. The molecular weight excluding hydrogens is 242 g/mol. The van der Waals surface area contributed by atoms with Crippen LogP contribution in [0.3, 0.4) is 0 Å². The van der Waals surface area contributed by atoms with E-state index in [1.807, 2.05) is 19.2 Å². The van der Waals surface area contributed by atoms with Crippen molar-refractivity contribution in [3.8, 4) is 10.6 Å². The summed E-state index contributed by atoms with van der Waals surface area (Å²) in [5, 5.41) is 3.08. The van der Waals surface area contributed by atoms with Gasteiger partial charge in [0.05, 0.1) is 14.9 Å². The van der Waals surface area contributed by atoms with Gasteiger partial charge in [0.25, 0.3) is 0 Å². The first-order chi connectivity index (χ1) is 7.76. The van der Waals surface area contributed by atoms with Crippen molar-refractivity contribution in [2.24, 2.45) is 0 Å². The van der Waals surface area contributed by atoms with E-state index in [9.17, 15) is 0 Å². The minimum Gasteiger partial charge on any atom is -0.373 e. The molecule has 2 heterocycles. The van der Waals surface area contributed by atoms with E-state index in [2.05, 4.69) is 22.2 Å². The molecule has 0 atom stereocenters. The van der Waals surface area contributed by atoms with E-state index < -0.39 is 0 Å². The summed E-state index contributed by atoms with van der Waals surface area (Å²) in [5.41, 5.74) is 2.10. The molecule has 0 aliphatic rings. The smallest absolute Gasteiger partial charge is 0.132 e. The van der Waals surface area contributed by atoms with Crippen LogP contribution in [0.2, 0.25) is 4.34 Å². The Morgan fingerprint density at radius 2 is 2.19 bits per heavy atom. The molecule has 0 radical (unpaired) electrons. The average molecular weight is 254 g/mol. The van der Waals surface area contributed by atoms with Crippen LogP contribution >= 0.6 is 22.9 Å². The molecule has 0 saturated heterocycles. The first-order valence-electron chi connectivity index (χ1n) is 5.03. The molecule has 0 aromatic carbocycles. The monoisotopic (exact) mass is 253 g/mol. The highest BCUT2D eigenvalue weighted by molar-refractivity contribution is 7.19. The molecule has 0 fully saturated rings. The third-order valence-electron chi connectivity index (χ3n) is 2.34. The number of rotatable bonds is 3. The Balaban J connectivity index is 2.56. The minimum absolute atomic E-state index is 0.779. The van der Waals surface area contributed by atoms with Crippen molar-refractivity contribution in [2.45, 2.75) is 13.3 Å². The Morgan fingerprint density at radius 1 is 1.38 bits per heavy atom. The molecule has 1 N–H and O–H groups in total. The minimum atomic E-state index is 0.779. The lowest BCUT2D eigenvalue weighted by molar-refractivity contribution is 1.05. The van der Waals surface area contributed by atoms with Gasteiger partial charge in [-0.05, 0) is 18.6 Å². The maximum absolute atomic E-state index is 5.94. The predicted molar refractivity (Wildman–Crippen MR) is 69.3 cm³/mol. The van der Waals surface area contributed by atoms with Crippen molar-refractivity contribution >= 4 is 28.8 Å². The van der Waals surface area contributed by atoms with Crippen LogP contribution in [0.4, 0.5) is 5.82 Å². The summed E-state index contributed by atoms with van der Waals surface area (Å²) in [6, 6.07) is 3.89. The summed E-state index contributed by atoms with van der Waals surface area (Å²) in [4.78, 5) is 9.64. The van der Waals surface area contributed by atoms with Gasteiger partial charge in [0, 0.05) is 12.6 Å². The van der Waals surface area contributed by atoms with Crippen molar-refractivity contribution in [1.29, 1.82) is 0 Å². The van der Waals surface area contributed by atoms with Crippen molar-refractivity contribution in [2.75, 3.05) is 12.4 Å². The Labute approximate surface area is 104 Å². The molecule has 0 aliphatic heterocycles. The number of aromatic nitrogens is 2. The second-order valence-electron chi connectivity index (χ2n) is 3.26. The van der Waals surface area contributed by atoms with Crippen LogP contribution in [0, 0.1) is 0 Å². The quantitative estimate of drug-likeness (QED) is 0.910. The highest BCUT2D eigenvalue weighted by Crippen LogP contribution is 2.33. The fraction of sp³-hybridized carbons (Fsp3) is 0.273. The van der Waals surface area contributed by atoms with Crippen LogP contribution in [0.25, 0.3) is 10.6 Å². The van der Waals surface area contributed by atoms with E-state index in [1.54, 1.807) is 6.33 Å². The topological polar surface area (TPSA) is 37.8 Å². The van der Waals surface area contributed by atoms with Crippen LogP contribution in [-0.2, 0) is 6.42 Å². The summed E-state index contributed by atoms with van der Waals surface area (Å²) in [7, 11) is 1.87. The molecule has 2 aromatic heterocycles. The molecule has 16 heavy (non-hydrogen) atoms. The molecule has 0 spiro atoms. The summed E-state index contributed by atoms with van der Waals surface area (Å²) in [5.74, 6) is 0.886. The average Bonchev–Trinajstić information content (AvgIpc) is 2.74. The van der Waals surface area contributed by atoms with Crippen LogP contribution in [-0.4, -0.2) is 17.0 Å². The molecule has 0 aliphatic carbocycles. The SMILES string of the molecule is CCc1c(NC)ncnc1-c1ccc(Cl)s1. The molecular formula is C11H12ClN3S. The van der Waals surface area contributed by atoms with Gasteiger partial charge < -0.3 is 5.32 Å². The van der Waals surface area contributed by atoms with E-state index in [0.717, 1.165) is 32.7 Å². The Bertz CT molecular complexity index is 496. The maximum Gasteiger partial charge on any atom is 0.132 e. The highest BCUT2D eigenvalue weighted by atomic mass is 35.5. The Hall–Kier alpha value is -1.13. The molecule has 0 saturated carbocycles. The standard InChI is InChI=1S/C11H12ClN3S/c1-3-7-10(8-4-5-9(12)16-8)14-6-15-11(7)13-2/h4-6H,3H2,1-2H3,(H,13,14,15). The summed E-state index contributed by atoms with van der Waals surface area (Å²) < 4.78 is 0.779. The normalized spacial score (nSPS) is 10.4. The van der Waals surface area contributed by atoms with Gasteiger partial charge in [-0.25, -0.2) is 9.97 Å². The van der Waals surface area contributed by atoms with Gasteiger partial charge in [0.1, 0.15) is 12.1 Å². The molecule has 2 rings (SSSR count). The van der Waals surface area contributed by atoms with Gasteiger partial charge in [-0.2, -0.15) is 0 Å². The molecule has 3 nitrogen and oxygen atoms in total. The van der Waals surface area contributed by atoms with E-state index in [0.29, 0.717) is 0 Å². The molecule has 0 unspecified atom stereocenters. The van der Waals surface area contributed by atoms with E-state index in [-0.39, 0.29) is 0 Å². The number of hydrogen-bond donors (Lipinski definition) is 1. The van der Waals surface area contributed by atoms with Crippen molar-refractivity contribution in [3.05, 3.63) is 28.4 Å². The first-order valence-corrected chi connectivity index (χ1v) is 6.23. The number of nitrogens with zero attached hydrogens (tertiary/aromatic N) is 2. The molecule has 0 amide bonds. The van der Waals surface area contributed by atoms with Crippen molar-refractivity contribution in [1.82, 2.24) is 9.97 Å². The second kappa shape index (κ2) is 4.80. The molecule has 5 heteroatoms. The van der Waals surface area contributed by atoms with Crippen LogP contribution in [0.5, 0.6) is 0 Å². The lowest BCUT2D eigenvalue weighted by Gasteiger charge is -2.09. The summed E-state index contributed by atoms with van der Waals surface area (Å²) in [6.45, 7) is 2.10. The van der Waals surface area contributed by atoms with Crippen molar-refractivity contribution < 1.29 is 0 Å². The zero-order chi connectivity index (χ0) is 11.5. The van der Waals surface area contributed by atoms with E-state index in [4.69, 9.17) is 11.6 Å². The van der Waals surface area contributed by atoms with Gasteiger partial charge in [0.2, 0.25) is 0 Å². The van der Waals surface area contributed by atoms with Gasteiger partial charge in [-0.1, -0.05) is 18.5 Å². The lowest BCUT2D eigenvalue weighted by atomic mass is 10.1. The number of nitrogens with one attached hydrogen (secondary N) is 1. The van der Waals surface area contributed by atoms with Crippen molar-refractivity contribution in [3.63, 3.8) is 0 Å². The zero-order valence-electron chi connectivity index (χ0n) is 9.12. The zero-order valence-corrected chi connectivity index (χ0v) is 10.7. The van der Waals surface area contributed by atoms with Crippen LogP contribution in [0.15, 0.2) is 18.5 Å². The first kappa shape index (κ1) is 11.4. The fourth-order valence-electron chi connectivity index (χ4n) is 1.62. The largest absolute Gasteiger partial charge is 0.373 e. The van der Waals surface area contributed by atoms with Gasteiger partial charge in [-0.3, -0.25) is 0 Å². The highest BCUT2D eigenvalue weighted by Gasteiger charge is 2.12. The third-order valence-corrected chi connectivity index (χ3v) is 3.58. The Morgan fingerprint density at radius 3 is 2.75 bits per heavy atom. The summed E-state index contributed by atoms with van der Waals surface area (Å²) >= 11 is 7.48. The van der Waals surface area contributed by atoms with Gasteiger partial charge >= 0.3 is 0 Å².